The number of nitrogens with two attached hydrogens (primary N) is 1. The number of imidazole rings is 1. The van der Waals surface area contributed by atoms with Crippen LogP contribution in [0.1, 0.15) is 120 Å². The minimum Gasteiger partial charge on any atom is -0.453 e. The van der Waals surface area contributed by atoms with Crippen molar-refractivity contribution >= 4 is 29.7 Å². The highest BCUT2D eigenvalue weighted by molar-refractivity contribution is 5.88. The van der Waals surface area contributed by atoms with E-state index in [-0.39, 0.29) is 53.2 Å². The van der Waals surface area contributed by atoms with E-state index in [0.29, 0.717) is 11.8 Å². The Kier molecular flexibility index (Phi) is 12.5. The van der Waals surface area contributed by atoms with Crippen LogP contribution < -0.4 is 21.7 Å². The first-order valence-corrected chi connectivity index (χ1v) is 24.3. The van der Waals surface area contributed by atoms with Gasteiger partial charge in [0, 0.05) is 29.5 Å². The smallest absolute Gasteiger partial charge is 0.407 e. The summed E-state index contributed by atoms with van der Waals surface area (Å²) in [7, 11) is 2.64. The summed E-state index contributed by atoms with van der Waals surface area (Å²) in [6, 6.07) is 11.6. The fourth-order valence-corrected chi connectivity index (χ4v) is 12.0. The van der Waals surface area contributed by atoms with Crippen molar-refractivity contribution in [2.24, 2.45) is 34.8 Å². The molecule has 14 heteroatoms. The van der Waals surface area contributed by atoms with E-state index < -0.39 is 24.3 Å². The van der Waals surface area contributed by atoms with Gasteiger partial charge in [-0.3, -0.25) is 9.59 Å². The Morgan fingerprint density at radius 2 is 1.41 bits per heavy atom. The molecule has 0 bridgehead atoms. The van der Waals surface area contributed by atoms with Crippen molar-refractivity contribution in [2.75, 3.05) is 14.2 Å². The molecular formula is C52H68N8O6. The molecule has 1 aromatic heterocycles. The molecule has 66 heavy (non-hydrogen) atoms. The van der Waals surface area contributed by atoms with Crippen LogP contribution in [0, 0.1) is 29.1 Å². The number of nitrogens with zero attached hydrogens (tertiary/aromatic N) is 3. The van der Waals surface area contributed by atoms with Crippen LogP contribution in [0.3, 0.4) is 0 Å². The summed E-state index contributed by atoms with van der Waals surface area (Å²) in [4.78, 5) is 65.3. The molecule has 3 aromatic rings. The molecule has 3 heterocycles. The number of alkyl carbamates (subject to hydrolysis) is 2. The number of aromatic nitrogens is 2. The van der Waals surface area contributed by atoms with E-state index in [1.807, 2.05) is 43.7 Å². The van der Waals surface area contributed by atoms with Gasteiger partial charge in [0.1, 0.15) is 17.9 Å². The lowest BCUT2D eigenvalue weighted by atomic mass is 9.82. The predicted molar refractivity (Wildman–Crippen MR) is 253 cm³/mol. The monoisotopic (exact) mass is 901 g/mol. The zero-order chi connectivity index (χ0) is 46.6. The first kappa shape index (κ1) is 45.4. The maximum absolute atomic E-state index is 14.2. The molecule has 2 aromatic carbocycles. The standard InChI is InChI=1S/C52H68N8O6/c1-8-28(3)45(57-50(63)65-6)48(61)59-41(20-33-21-42(33)59)30(5)55-39(26-53)36-17-16-35(37-24-52(25-38(36)37)18-10-11-19-52)31-12-14-32(15-13-31)40-27-54-47(56-40)44-23-34-22-43(34)60(44)49(62)46(29(4)9-2)58-51(64)66-7/h12-17,26-29,33-34,41-46,55H,5,8-11,18-25,53H2,1-4,6-7H3,(H,54,56)(H,57,63)(H,58,64)/b39-26-/t28?,29?,33?,34?,41-,42?,43?,44-,45-,46-/m0/s1. The molecule has 2 aliphatic heterocycles. The molecule has 10 atom stereocenters. The van der Waals surface area contributed by atoms with Crippen LogP contribution >= 0.6 is 0 Å². The van der Waals surface area contributed by atoms with Crippen molar-refractivity contribution in [2.45, 2.75) is 141 Å². The highest BCUT2D eigenvalue weighted by Crippen LogP contribution is 2.55. The number of ether oxygens (including phenoxy) is 2. The normalized spacial score (nSPS) is 26.1. The number of likely N-dealkylation sites (tertiary alicyclic amines) is 2. The summed E-state index contributed by atoms with van der Waals surface area (Å²) < 4.78 is 9.78. The molecule has 352 valence electrons. The van der Waals surface area contributed by atoms with Crippen molar-refractivity contribution < 1.29 is 28.7 Å². The topological polar surface area (TPSA) is 184 Å². The van der Waals surface area contributed by atoms with E-state index in [4.69, 9.17) is 20.2 Å². The van der Waals surface area contributed by atoms with Gasteiger partial charge in [0.25, 0.3) is 0 Å². The van der Waals surface area contributed by atoms with Crippen molar-refractivity contribution in [1.82, 2.24) is 35.7 Å². The number of aromatic amines is 1. The first-order chi connectivity index (χ1) is 31.8. The third-order valence-corrected chi connectivity index (χ3v) is 16.4. The molecule has 3 saturated carbocycles. The summed E-state index contributed by atoms with van der Waals surface area (Å²) in [5, 5.41) is 9.25. The average molecular weight is 901 g/mol. The maximum atomic E-state index is 14.2. The van der Waals surface area contributed by atoms with Gasteiger partial charge in [-0.2, -0.15) is 0 Å². The Bertz CT molecular complexity index is 2400. The van der Waals surface area contributed by atoms with Crippen molar-refractivity contribution in [3.63, 3.8) is 0 Å². The highest BCUT2D eigenvalue weighted by atomic mass is 16.5. The quantitative estimate of drug-likeness (QED) is 0.101. The third-order valence-electron chi connectivity index (χ3n) is 16.4. The van der Waals surface area contributed by atoms with Gasteiger partial charge in [-0.15, -0.1) is 0 Å². The molecule has 14 nitrogen and oxygen atoms in total. The second-order valence-electron chi connectivity index (χ2n) is 20.3. The molecular weight excluding hydrogens is 833 g/mol. The Morgan fingerprint density at radius 1 is 0.833 bits per heavy atom. The number of rotatable bonds is 15. The van der Waals surface area contributed by atoms with Crippen LogP contribution in [-0.2, 0) is 31.9 Å². The largest absolute Gasteiger partial charge is 0.453 e. The molecule has 5 fully saturated rings. The third kappa shape index (κ3) is 8.33. The molecule has 0 radical (unpaired) electrons. The number of hydrogen-bond donors (Lipinski definition) is 5. The lowest BCUT2D eigenvalue weighted by molar-refractivity contribution is -0.137. The summed E-state index contributed by atoms with van der Waals surface area (Å²) >= 11 is 0. The van der Waals surface area contributed by atoms with Gasteiger partial charge in [0.05, 0.1) is 43.9 Å². The van der Waals surface area contributed by atoms with E-state index in [2.05, 4.69) is 63.9 Å². The molecule has 2 saturated heterocycles. The molecule has 6 aliphatic rings. The number of fused-ring (bicyclic) bond motifs is 3. The predicted octanol–water partition coefficient (Wildman–Crippen LogP) is 7.96. The second-order valence-corrected chi connectivity index (χ2v) is 20.3. The van der Waals surface area contributed by atoms with Crippen LogP contribution in [0.2, 0.25) is 0 Å². The molecule has 1 spiro atoms. The lowest BCUT2D eigenvalue weighted by Gasteiger charge is -2.34. The number of methoxy groups -OCH3 is 2. The summed E-state index contributed by atoms with van der Waals surface area (Å²) in [6.07, 6.45) is 14.2. The van der Waals surface area contributed by atoms with E-state index in [0.717, 1.165) is 91.0 Å². The van der Waals surface area contributed by atoms with E-state index in [9.17, 15) is 19.2 Å². The number of nitrogens with one attached hydrogen (secondary N) is 4. The summed E-state index contributed by atoms with van der Waals surface area (Å²) in [6.45, 7) is 12.5. The zero-order valence-electron chi connectivity index (χ0n) is 39.5. The molecule has 9 rings (SSSR count). The van der Waals surface area contributed by atoms with E-state index in [1.165, 1.54) is 56.6 Å². The van der Waals surface area contributed by atoms with Crippen LogP contribution in [0.25, 0.3) is 28.1 Å². The number of carbonyl (C=O) groups is 4. The highest BCUT2D eigenvalue weighted by Gasteiger charge is 2.57. The number of amides is 4. The van der Waals surface area contributed by atoms with Gasteiger partial charge in [-0.25, -0.2) is 14.6 Å². The Morgan fingerprint density at radius 3 is 2.02 bits per heavy atom. The number of benzene rings is 2. The number of H-pyrrole nitrogens is 1. The fraction of sp³-hybridized carbons (Fsp3) is 0.558. The maximum Gasteiger partial charge on any atom is 0.407 e. The second kappa shape index (κ2) is 18.1. The van der Waals surface area contributed by atoms with Gasteiger partial charge < -0.3 is 45.9 Å². The molecule has 6 N–H and O–H groups in total. The summed E-state index contributed by atoms with van der Waals surface area (Å²) in [5.41, 5.74) is 16.3. The number of carbonyl (C=O) groups excluding carboxylic acids is 4. The van der Waals surface area contributed by atoms with Crippen LogP contribution in [0.4, 0.5) is 9.59 Å². The minimum atomic E-state index is -0.691. The van der Waals surface area contributed by atoms with Crippen molar-refractivity contribution in [3.8, 4) is 22.4 Å². The van der Waals surface area contributed by atoms with Gasteiger partial charge in [0.2, 0.25) is 11.8 Å². The SMILES string of the molecule is C=C(N/C(=C\N)c1ccc(-c2ccc(-c3cnc([C@@H]4CC5CC5N4C(=O)[C@@H](NC(=O)OC)C(C)CC)[nH]3)cc2)c2c1CC1(CCCC1)C2)[C@@H]1CC2CC2N1C(=O)[C@@H](NC(=O)OC)C(C)CC. The fourth-order valence-electron chi connectivity index (χ4n) is 12.0. The average Bonchev–Trinajstić information content (AvgIpc) is 3.81. The van der Waals surface area contributed by atoms with E-state index in [1.54, 1.807) is 6.20 Å². The number of piperidine rings is 2. The van der Waals surface area contributed by atoms with Gasteiger partial charge in [0.15, 0.2) is 0 Å². The molecule has 6 unspecified atom stereocenters. The zero-order valence-corrected chi connectivity index (χ0v) is 39.5. The van der Waals surface area contributed by atoms with E-state index >= 15 is 0 Å². The van der Waals surface area contributed by atoms with Crippen molar-refractivity contribution in [3.05, 3.63) is 83.6 Å². The minimum absolute atomic E-state index is 0.0534. The van der Waals surface area contributed by atoms with Gasteiger partial charge in [-0.05, 0) is 108 Å². The Balaban J connectivity index is 0.943. The van der Waals surface area contributed by atoms with Crippen LogP contribution in [0.15, 0.2) is 61.1 Å². The molecule has 4 amide bonds. The summed E-state index contributed by atoms with van der Waals surface area (Å²) in [5.74, 6) is 1.32. The number of hydrogen-bond acceptors (Lipinski definition) is 9. The van der Waals surface area contributed by atoms with Gasteiger partial charge in [-0.1, -0.05) is 96.4 Å². The lowest BCUT2D eigenvalue weighted by Crippen LogP contribution is -2.54. The Labute approximate surface area is 388 Å². The Hall–Kier alpha value is -5.79. The first-order valence-electron chi connectivity index (χ1n) is 24.3. The van der Waals surface area contributed by atoms with Gasteiger partial charge >= 0.3 is 12.2 Å². The van der Waals surface area contributed by atoms with Crippen molar-refractivity contribution in [1.29, 1.82) is 0 Å². The van der Waals surface area contributed by atoms with Crippen LogP contribution in [0.5, 0.6) is 0 Å². The van der Waals surface area contributed by atoms with Crippen LogP contribution in [-0.4, -0.2) is 88.2 Å². The molecule has 4 aliphatic carbocycles.